The van der Waals surface area contributed by atoms with Gasteiger partial charge >= 0.3 is 5.97 Å². The van der Waals surface area contributed by atoms with E-state index in [-0.39, 0.29) is 5.75 Å². The van der Waals surface area contributed by atoms with Gasteiger partial charge in [-0.05, 0) is 48.2 Å². The molecule has 1 aromatic heterocycles. The fraction of sp³-hybridized carbons (Fsp3) is 0.294. The lowest BCUT2D eigenvalue weighted by Crippen LogP contribution is -2.26. The molecular weight excluding hydrogens is 328 g/mol. The first-order valence-electron chi connectivity index (χ1n) is 7.54. The third kappa shape index (κ3) is 5.75. The number of aryl methyl sites for hydroxylation is 1. The number of aromatic nitrogens is 1. The summed E-state index contributed by atoms with van der Waals surface area (Å²) in [6.07, 6.45) is 4.94. The van der Waals surface area contributed by atoms with Crippen molar-refractivity contribution in [1.29, 1.82) is 0 Å². The molecule has 0 radical (unpaired) electrons. The minimum atomic E-state index is -3.41. The predicted octanol–water partition coefficient (Wildman–Crippen LogP) is 1.92. The second-order valence-electron chi connectivity index (χ2n) is 5.30. The number of hydrogen-bond donors (Lipinski definition) is 1. The maximum Gasteiger partial charge on any atom is 0.337 e. The zero-order valence-corrected chi connectivity index (χ0v) is 14.3. The number of benzene rings is 1. The summed E-state index contributed by atoms with van der Waals surface area (Å²) in [5, 5.41) is 0. The standard InChI is InChI=1S/C17H20N2O4S/c1-23-17(20)16-6-4-15(5-7-16)13-24(21,22)19-10-2-3-14-8-11-18-12-9-14/h4-9,11-12,19H,2-3,10,13H2,1H3. The van der Waals surface area contributed by atoms with Crippen LogP contribution in [0.15, 0.2) is 48.8 Å². The molecule has 6 nitrogen and oxygen atoms in total. The molecule has 0 fully saturated rings. The number of nitrogens with zero attached hydrogens (tertiary/aromatic N) is 1. The van der Waals surface area contributed by atoms with Crippen molar-refractivity contribution in [3.05, 3.63) is 65.5 Å². The molecule has 0 saturated heterocycles. The Morgan fingerprint density at radius 2 is 1.75 bits per heavy atom. The van der Waals surface area contributed by atoms with Gasteiger partial charge in [-0.15, -0.1) is 0 Å². The molecule has 7 heteroatoms. The third-order valence-corrected chi connectivity index (χ3v) is 4.80. The van der Waals surface area contributed by atoms with Crippen molar-refractivity contribution < 1.29 is 17.9 Å². The summed E-state index contributed by atoms with van der Waals surface area (Å²) in [4.78, 5) is 15.3. The lowest BCUT2D eigenvalue weighted by molar-refractivity contribution is 0.0600. The van der Waals surface area contributed by atoms with Gasteiger partial charge < -0.3 is 4.74 Å². The Bertz CT molecular complexity index is 759. The van der Waals surface area contributed by atoms with Crippen molar-refractivity contribution in [2.24, 2.45) is 0 Å². The molecule has 0 bridgehead atoms. The van der Waals surface area contributed by atoms with Crippen molar-refractivity contribution in [2.45, 2.75) is 18.6 Å². The van der Waals surface area contributed by atoms with Crippen LogP contribution in [0.5, 0.6) is 0 Å². The van der Waals surface area contributed by atoms with Crippen LogP contribution in [-0.4, -0.2) is 33.0 Å². The molecular formula is C17H20N2O4S. The number of esters is 1. The third-order valence-electron chi connectivity index (χ3n) is 3.45. The average Bonchev–Trinajstić information content (AvgIpc) is 2.59. The smallest absolute Gasteiger partial charge is 0.337 e. The number of carbonyl (C=O) groups excluding carboxylic acids is 1. The van der Waals surface area contributed by atoms with Gasteiger partial charge in [-0.3, -0.25) is 4.98 Å². The van der Waals surface area contributed by atoms with E-state index in [0.717, 1.165) is 12.0 Å². The van der Waals surface area contributed by atoms with E-state index in [1.54, 1.807) is 36.7 Å². The van der Waals surface area contributed by atoms with E-state index in [1.165, 1.54) is 7.11 Å². The molecule has 0 aliphatic heterocycles. The van der Waals surface area contributed by atoms with Crippen LogP contribution in [0, 0.1) is 0 Å². The molecule has 0 aliphatic carbocycles. The van der Waals surface area contributed by atoms with Crippen LogP contribution >= 0.6 is 0 Å². The van der Waals surface area contributed by atoms with Gasteiger partial charge in [-0.2, -0.15) is 0 Å². The molecule has 0 atom stereocenters. The highest BCUT2D eigenvalue weighted by Gasteiger charge is 2.12. The summed E-state index contributed by atoms with van der Waals surface area (Å²) in [5.41, 5.74) is 2.14. The van der Waals surface area contributed by atoms with E-state index in [4.69, 9.17) is 0 Å². The summed E-state index contributed by atoms with van der Waals surface area (Å²) >= 11 is 0. The normalized spacial score (nSPS) is 11.2. The largest absolute Gasteiger partial charge is 0.465 e. The molecule has 0 saturated carbocycles. The second kappa shape index (κ2) is 8.56. The zero-order chi connectivity index (χ0) is 17.4. The number of nitrogens with one attached hydrogen (secondary N) is 1. The molecule has 0 aliphatic rings. The molecule has 24 heavy (non-hydrogen) atoms. The van der Waals surface area contributed by atoms with Crippen LogP contribution < -0.4 is 4.72 Å². The minimum Gasteiger partial charge on any atom is -0.465 e. The van der Waals surface area contributed by atoms with Gasteiger partial charge in [-0.1, -0.05) is 12.1 Å². The first-order chi connectivity index (χ1) is 11.5. The zero-order valence-electron chi connectivity index (χ0n) is 13.4. The Morgan fingerprint density at radius 3 is 2.38 bits per heavy atom. The molecule has 1 heterocycles. The van der Waals surface area contributed by atoms with Crippen molar-refractivity contribution in [1.82, 2.24) is 9.71 Å². The Hall–Kier alpha value is -2.25. The molecule has 128 valence electrons. The Balaban J connectivity index is 1.81. The number of ether oxygens (including phenoxy) is 1. The molecule has 1 aromatic carbocycles. The molecule has 1 N–H and O–H groups in total. The first-order valence-corrected chi connectivity index (χ1v) is 9.19. The van der Waals surface area contributed by atoms with Gasteiger partial charge in [0.1, 0.15) is 0 Å². The molecule has 2 rings (SSSR count). The van der Waals surface area contributed by atoms with E-state index in [1.807, 2.05) is 12.1 Å². The number of methoxy groups -OCH3 is 1. The fourth-order valence-electron chi connectivity index (χ4n) is 2.19. The van der Waals surface area contributed by atoms with Gasteiger partial charge in [0.05, 0.1) is 18.4 Å². The van der Waals surface area contributed by atoms with Crippen LogP contribution in [0.4, 0.5) is 0 Å². The van der Waals surface area contributed by atoms with Crippen molar-refractivity contribution in [2.75, 3.05) is 13.7 Å². The van der Waals surface area contributed by atoms with Crippen LogP contribution in [-0.2, 0) is 26.9 Å². The Labute approximate surface area is 141 Å². The van der Waals surface area contributed by atoms with E-state index in [9.17, 15) is 13.2 Å². The number of sulfonamides is 1. The fourth-order valence-corrected chi connectivity index (χ4v) is 3.38. The summed E-state index contributed by atoms with van der Waals surface area (Å²) in [7, 11) is -2.10. The lowest BCUT2D eigenvalue weighted by Gasteiger charge is -2.07. The highest BCUT2D eigenvalue weighted by molar-refractivity contribution is 7.88. The van der Waals surface area contributed by atoms with Crippen LogP contribution in [0.2, 0.25) is 0 Å². The van der Waals surface area contributed by atoms with Gasteiger partial charge in [0.25, 0.3) is 0 Å². The lowest BCUT2D eigenvalue weighted by atomic mass is 10.1. The summed E-state index contributed by atoms with van der Waals surface area (Å²) in [6, 6.07) is 10.2. The molecule has 0 unspecified atom stereocenters. The van der Waals surface area contributed by atoms with Gasteiger partial charge in [0.2, 0.25) is 10.0 Å². The Morgan fingerprint density at radius 1 is 1.08 bits per heavy atom. The van der Waals surface area contributed by atoms with E-state index in [0.29, 0.717) is 24.1 Å². The molecule has 0 amide bonds. The van der Waals surface area contributed by atoms with Crippen LogP contribution in [0.25, 0.3) is 0 Å². The SMILES string of the molecule is COC(=O)c1ccc(CS(=O)(=O)NCCCc2ccncc2)cc1. The average molecular weight is 348 g/mol. The quantitative estimate of drug-likeness (QED) is 0.582. The number of carbonyl (C=O) groups is 1. The summed E-state index contributed by atoms with van der Waals surface area (Å²) in [6.45, 7) is 0.380. The Kier molecular flexibility index (Phi) is 6.45. The maximum atomic E-state index is 12.1. The topological polar surface area (TPSA) is 85.4 Å². The van der Waals surface area contributed by atoms with Gasteiger partial charge in [-0.25, -0.2) is 17.9 Å². The highest BCUT2D eigenvalue weighted by atomic mass is 32.2. The summed E-state index contributed by atoms with van der Waals surface area (Å²) in [5.74, 6) is -0.567. The summed E-state index contributed by atoms with van der Waals surface area (Å²) < 4.78 is 31.3. The first kappa shape index (κ1) is 18.1. The van der Waals surface area contributed by atoms with Crippen molar-refractivity contribution in [3.8, 4) is 0 Å². The number of pyridine rings is 1. The number of hydrogen-bond acceptors (Lipinski definition) is 5. The van der Waals surface area contributed by atoms with E-state index in [2.05, 4.69) is 14.4 Å². The van der Waals surface area contributed by atoms with E-state index < -0.39 is 16.0 Å². The molecule has 0 spiro atoms. The minimum absolute atomic E-state index is 0.121. The molecule has 2 aromatic rings. The number of rotatable bonds is 8. The van der Waals surface area contributed by atoms with Gasteiger partial charge in [0, 0.05) is 18.9 Å². The maximum absolute atomic E-state index is 12.1. The predicted molar refractivity (Wildman–Crippen MR) is 91.0 cm³/mol. The van der Waals surface area contributed by atoms with Crippen LogP contribution in [0.3, 0.4) is 0 Å². The van der Waals surface area contributed by atoms with Crippen molar-refractivity contribution in [3.63, 3.8) is 0 Å². The monoisotopic (exact) mass is 348 g/mol. The van der Waals surface area contributed by atoms with Crippen LogP contribution in [0.1, 0.15) is 27.9 Å². The van der Waals surface area contributed by atoms with Gasteiger partial charge in [0.15, 0.2) is 0 Å². The highest BCUT2D eigenvalue weighted by Crippen LogP contribution is 2.09. The van der Waals surface area contributed by atoms with E-state index >= 15 is 0 Å². The second-order valence-corrected chi connectivity index (χ2v) is 7.11. The van der Waals surface area contributed by atoms with Crippen molar-refractivity contribution >= 4 is 16.0 Å².